The van der Waals surface area contributed by atoms with Gasteiger partial charge in [-0.25, -0.2) is 0 Å². The van der Waals surface area contributed by atoms with Crippen LogP contribution < -0.4 is 0 Å². The number of carbonyl (C=O) groups is 1. The Labute approximate surface area is 127 Å². The number of benzene rings is 1. The highest BCUT2D eigenvalue weighted by Crippen LogP contribution is 2.26. The SMILES string of the molecule is CCCN(Cc1ccc(C#N)cc1)C(=O)C1CCCCC1. The van der Waals surface area contributed by atoms with Crippen LogP contribution >= 0.6 is 0 Å². The van der Waals surface area contributed by atoms with Crippen molar-refractivity contribution in [3.8, 4) is 6.07 Å². The first-order valence-electron chi connectivity index (χ1n) is 8.02. The molecule has 1 amide bonds. The van der Waals surface area contributed by atoms with Gasteiger partial charge in [0.1, 0.15) is 0 Å². The van der Waals surface area contributed by atoms with Crippen molar-refractivity contribution in [2.75, 3.05) is 6.54 Å². The summed E-state index contributed by atoms with van der Waals surface area (Å²) in [6, 6.07) is 9.68. The highest BCUT2D eigenvalue weighted by Gasteiger charge is 2.25. The van der Waals surface area contributed by atoms with E-state index in [1.165, 1.54) is 19.3 Å². The van der Waals surface area contributed by atoms with Gasteiger partial charge in [0, 0.05) is 19.0 Å². The molecule has 1 fully saturated rings. The molecule has 0 bridgehead atoms. The summed E-state index contributed by atoms with van der Waals surface area (Å²) in [6.45, 7) is 3.59. The van der Waals surface area contributed by atoms with E-state index in [2.05, 4.69) is 13.0 Å². The monoisotopic (exact) mass is 284 g/mol. The van der Waals surface area contributed by atoms with E-state index in [4.69, 9.17) is 5.26 Å². The standard InChI is InChI=1S/C18H24N2O/c1-2-12-20(18(21)17-6-4-3-5-7-17)14-16-10-8-15(13-19)9-11-16/h8-11,17H,2-7,12,14H2,1H3. The van der Waals surface area contributed by atoms with Gasteiger partial charge in [0.15, 0.2) is 0 Å². The molecule has 0 radical (unpaired) electrons. The van der Waals surface area contributed by atoms with E-state index < -0.39 is 0 Å². The molecule has 3 nitrogen and oxygen atoms in total. The first-order chi connectivity index (χ1) is 10.2. The molecule has 0 unspecified atom stereocenters. The van der Waals surface area contributed by atoms with Gasteiger partial charge in [-0.1, -0.05) is 38.3 Å². The Morgan fingerprint density at radius 3 is 2.48 bits per heavy atom. The van der Waals surface area contributed by atoms with E-state index >= 15 is 0 Å². The van der Waals surface area contributed by atoms with Crippen molar-refractivity contribution in [2.45, 2.75) is 52.0 Å². The molecule has 1 aliphatic rings. The third kappa shape index (κ3) is 4.32. The van der Waals surface area contributed by atoms with Crippen LogP contribution in [0.1, 0.15) is 56.6 Å². The second-order valence-corrected chi connectivity index (χ2v) is 5.90. The molecule has 3 heteroatoms. The van der Waals surface area contributed by atoms with Gasteiger partial charge in [0.25, 0.3) is 0 Å². The Balaban J connectivity index is 2.03. The summed E-state index contributed by atoms with van der Waals surface area (Å²) < 4.78 is 0. The van der Waals surface area contributed by atoms with E-state index in [0.717, 1.165) is 31.4 Å². The van der Waals surface area contributed by atoms with Crippen LogP contribution in [0.3, 0.4) is 0 Å². The van der Waals surface area contributed by atoms with Gasteiger partial charge in [0.2, 0.25) is 5.91 Å². The zero-order valence-corrected chi connectivity index (χ0v) is 12.8. The lowest BCUT2D eigenvalue weighted by Gasteiger charge is -2.29. The zero-order chi connectivity index (χ0) is 15.1. The molecule has 0 aliphatic heterocycles. The number of hydrogen-bond donors (Lipinski definition) is 0. The number of amides is 1. The van der Waals surface area contributed by atoms with Crippen molar-refractivity contribution in [2.24, 2.45) is 5.92 Å². The molecule has 0 aromatic heterocycles. The maximum absolute atomic E-state index is 12.7. The molecule has 21 heavy (non-hydrogen) atoms. The number of nitriles is 1. The molecular formula is C18H24N2O. The maximum atomic E-state index is 12.7. The van der Waals surface area contributed by atoms with Crippen molar-refractivity contribution in [3.63, 3.8) is 0 Å². The van der Waals surface area contributed by atoms with Crippen molar-refractivity contribution in [3.05, 3.63) is 35.4 Å². The van der Waals surface area contributed by atoms with Gasteiger partial charge in [-0.2, -0.15) is 5.26 Å². The van der Waals surface area contributed by atoms with Gasteiger partial charge < -0.3 is 4.90 Å². The fourth-order valence-electron chi connectivity index (χ4n) is 3.05. The fraction of sp³-hybridized carbons (Fsp3) is 0.556. The van der Waals surface area contributed by atoms with Crippen molar-refractivity contribution in [1.29, 1.82) is 5.26 Å². The van der Waals surface area contributed by atoms with Crippen LogP contribution in [0.15, 0.2) is 24.3 Å². The summed E-state index contributed by atoms with van der Waals surface area (Å²) in [5, 5.41) is 8.84. The van der Waals surface area contributed by atoms with Crippen LogP contribution in [-0.2, 0) is 11.3 Å². The lowest BCUT2D eigenvalue weighted by Crippen LogP contribution is -2.37. The average Bonchev–Trinajstić information content (AvgIpc) is 2.55. The molecule has 0 heterocycles. The molecule has 0 saturated heterocycles. The largest absolute Gasteiger partial charge is 0.338 e. The van der Waals surface area contributed by atoms with Crippen molar-refractivity contribution in [1.82, 2.24) is 4.90 Å². The van der Waals surface area contributed by atoms with Crippen LogP contribution in [0.5, 0.6) is 0 Å². The predicted octanol–water partition coefficient (Wildman–Crippen LogP) is 3.88. The van der Waals surface area contributed by atoms with E-state index in [1.54, 1.807) is 0 Å². The number of rotatable bonds is 5. The summed E-state index contributed by atoms with van der Waals surface area (Å²) in [5.74, 6) is 0.546. The third-order valence-electron chi connectivity index (χ3n) is 4.22. The smallest absolute Gasteiger partial charge is 0.225 e. The Hall–Kier alpha value is -1.82. The number of hydrogen-bond acceptors (Lipinski definition) is 2. The van der Waals surface area contributed by atoms with Crippen LogP contribution in [0.2, 0.25) is 0 Å². The Kier molecular flexibility index (Phi) is 5.80. The predicted molar refractivity (Wildman–Crippen MR) is 83.4 cm³/mol. The molecule has 1 aromatic rings. The third-order valence-corrected chi connectivity index (χ3v) is 4.22. The van der Waals surface area contributed by atoms with Crippen molar-refractivity contribution >= 4 is 5.91 Å². The summed E-state index contributed by atoms with van der Waals surface area (Å²) >= 11 is 0. The first kappa shape index (κ1) is 15.6. The van der Waals surface area contributed by atoms with E-state index in [1.807, 2.05) is 29.2 Å². The number of carbonyl (C=O) groups excluding carboxylic acids is 1. The molecule has 1 saturated carbocycles. The minimum Gasteiger partial charge on any atom is -0.338 e. The second kappa shape index (κ2) is 7.83. The van der Waals surface area contributed by atoms with E-state index in [-0.39, 0.29) is 5.92 Å². The van der Waals surface area contributed by atoms with Crippen molar-refractivity contribution < 1.29 is 4.79 Å². The molecule has 0 N–H and O–H groups in total. The second-order valence-electron chi connectivity index (χ2n) is 5.90. The molecule has 0 spiro atoms. The van der Waals surface area contributed by atoms with Gasteiger partial charge in [-0.3, -0.25) is 4.79 Å². The highest BCUT2D eigenvalue weighted by atomic mass is 16.2. The minimum absolute atomic E-state index is 0.226. The van der Waals surface area contributed by atoms with Gasteiger partial charge in [0.05, 0.1) is 11.6 Å². The van der Waals surface area contributed by atoms with Crippen LogP contribution in [-0.4, -0.2) is 17.4 Å². The van der Waals surface area contributed by atoms with E-state index in [0.29, 0.717) is 18.0 Å². The molecular weight excluding hydrogens is 260 g/mol. The van der Waals surface area contributed by atoms with Crippen LogP contribution in [0, 0.1) is 17.2 Å². The lowest BCUT2D eigenvalue weighted by molar-refractivity contribution is -0.137. The Morgan fingerprint density at radius 2 is 1.90 bits per heavy atom. The first-order valence-corrected chi connectivity index (χ1v) is 8.02. The minimum atomic E-state index is 0.226. The molecule has 1 aromatic carbocycles. The summed E-state index contributed by atoms with van der Waals surface area (Å²) in [6.07, 6.45) is 6.72. The molecule has 1 aliphatic carbocycles. The Morgan fingerprint density at radius 1 is 1.24 bits per heavy atom. The quantitative estimate of drug-likeness (QED) is 0.823. The normalized spacial score (nSPS) is 15.4. The van der Waals surface area contributed by atoms with Crippen LogP contribution in [0.4, 0.5) is 0 Å². The molecule has 112 valence electrons. The van der Waals surface area contributed by atoms with Crippen LogP contribution in [0.25, 0.3) is 0 Å². The Bertz CT molecular complexity index is 495. The topological polar surface area (TPSA) is 44.1 Å². The summed E-state index contributed by atoms with van der Waals surface area (Å²) in [5.41, 5.74) is 1.77. The van der Waals surface area contributed by atoms with E-state index in [9.17, 15) is 4.79 Å². The van der Waals surface area contributed by atoms with Gasteiger partial charge >= 0.3 is 0 Å². The van der Waals surface area contributed by atoms with Gasteiger partial charge in [-0.15, -0.1) is 0 Å². The molecule has 0 atom stereocenters. The average molecular weight is 284 g/mol. The maximum Gasteiger partial charge on any atom is 0.225 e. The lowest BCUT2D eigenvalue weighted by atomic mass is 9.88. The fourth-order valence-corrected chi connectivity index (χ4v) is 3.05. The zero-order valence-electron chi connectivity index (χ0n) is 12.8. The van der Waals surface area contributed by atoms with Gasteiger partial charge in [-0.05, 0) is 37.0 Å². The molecule has 2 rings (SSSR count). The highest BCUT2D eigenvalue weighted by molar-refractivity contribution is 5.78. The summed E-state index contributed by atoms with van der Waals surface area (Å²) in [7, 11) is 0. The number of nitrogens with zero attached hydrogens (tertiary/aromatic N) is 2. The summed E-state index contributed by atoms with van der Waals surface area (Å²) in [4.78, 5) is 14.7.